The van der Waals surface area contributed by atoms with E-state index in [0.717, 1.165) is 29.5 Å². The minimum absolute atomic E-state index is 0.577. The summed E-state index contributed by atoms with van der Waals surface area (Å²) in [4.78, 5) is 0. The highest BCUT2D eigenvalue weighted by molar-refractivity contribution is 14.1. The Balaban J connectivity index is 1.94. The number of nitrogens with zero attached hydrogens (tertiary/aromatic N) is 1. The molecule has 1 aliphatic rings. The zero-order valence-electron chi connectivity index (χ0n) is 12.2. The van der Waals surface area contributed by atoms with E-state index in [9.17, 15) is 8.42 Å². The molecular formula is C14H22IN3O2S. The molecule has 1 fully saturated rings. The molecule has 0 spiro atoms. The Kier molecular flexibility index (Phi) is 6.27. The normalized spacial score (nSPS) is 17.8. The van der Waals surface area contributed by atoms with E-state index in [4.69, 9.17) is 0 Å². The lowest BCUT2D eigenvalue weighted by Gasteiger charge is -2.31. The molecule has 0 bridgehead atoms. The maximum absolute atomic E-state index is 12.4. The Labute approximate surface area is 140 Å². The Morgan fingerprint density at radius 3 is 2.57 bits per heavy atom. The minimum Gasteiger partial charge on any atom is -0.317 e. The van der Waals surface area contributed by atoms with Crippen molar-refractivity contribution in [2.75, 3.05) is 30.9 Å². The molecule has 1 aliphatic heterocycles. The quantitative estimate of drug-likeness (QED) is 0.691. The Bertz CT molecular complexity index is 557. The lowest BCUT2D eigenvalue weighted by atomic mass is 9.98. The molecule has 118 valence electrons. The van der Waals surface area contributed by atoms with Gasteiger partial charge in [0.25, 0.3) is 0 Å². The first-order valence-corrected chi connectivity index (χ1v) is 9.78. The second-order valence-corrected chi connectivity index (χ2v) is 8.07. The summed E-state index contributed by atoms with van der Waals surface area (Å²) < 4.78 is 30.0. The van der Waals surface area contributed by atoms with Gasteiger partial charge in [-0.2, -0.15) is 12.7 Å². The lowest BCUT2D eigenvalue weighted by Crippen LogP contribution is -2.43. The molecule has 1 aromatic rings. The Morgan fingerprint density at radius 2 is 1.95 bits per heavy atom. The van der Waals surface area contributed by atoms with Crippen molar-refractivity contribution in [1.82, 2.24) is 9.62 Å². The summed E-state index contributed by atoms with van der Waals surface area (Å²) in [5.41, 5.74) is 0.646. The average Bonchev–Trinajstić information content (AvgIpc) is 2.48. The number of benzene rings is 1. The van der Waals surface area contributed by atoms with E-state index in [0.29, 0.717) is 24.7 Å². The van der Waals surface area contributed by atoms with Crippen LogP contribution in [0.1, 0.15) is 19.8 Å². The van der Waals surface area contributed by atoms with Crippen molar-refractivity contribution in [3.8, 4) is 0 Å². The third kappa shape index (κ3) is 4.80. The molecular weight excluding hydrogens is 401 g/mol. The molecule has 0 aromatic heterocycles. The van der Waals surface area contributed by atoms with E-state index in [1.165, 1.54) is 0 Å². The van der Waals surface area contributed by atoms with E-state index in [2.05, 4.69) is 39.6 Å². The van der Waals surface area contributed by atoms with Crippen LogP contribution in [-0.2, 0) is 10.2 Å². The molecule has 0 radical (unpaired) electrons. The van der Waals surface area contributed by atoms with E-state index >= 15 is 0 Å². The summed E-state index contributed by atoms with van der Waals surface area (Å²) >= 11 is 2.14. The summed E-state index contributed by atoms with van der Waals surface area (Å²) in [6.07, 6.45) is 1.83. The number of anilines is 1. The van der Waals surface area contributed by atoms with Crippen LogP contribution in [0.5, 0.6) is 0 Å². The van der Waals surface area contributed by atoms with Gasteiger partial charge in [-0.3, -0.25) is 4.72 Å². The van der Waals surface area contributed by atoms with Crippen molar-refractivity contribution < 1.29 is 8.42 Å². The highest BCUT2D eigenvalue weighted by atomic mass is 127. The van der Waals surface area contributed by atoms with Gasteiger partial charge in [-0.05, 0) is 66.6 Å². The maximum Gasteiger partial charge on any atom is 0.301 e. The van der Waals surface area contributed by atoms with E-state index in [1.54, 1.807) is 10.4 Å². The van der Waals surface area contributed by atoms with Crippen molar-refractivity contribution in [2.24, 2.45) is 5.92 Å². The molecule has 0 atom stereocenters. The lowest BCUT2D eigenvalue weighted by molar-refractivity contribution is 0.269. The Hall–Kier alpha value is -0.380. The van der Waals surface area contributed by atoms with Gasteiger partial charge in [0, 0.05) is 16.7 Å². The van der Waals surface area contributed by atoms with Crippen molar-refractivity contribution in [2.45, 2.75) is 19.8 Å². The first-order chi connectivity index (χ1) is 10.0. The molecule has 7 heteroatoms. The third-order valence-corrected chi connectivity index (χ3v) is 6.17. The van der Waals surface area contributed by atoms with Crippen LogP contribution in [0.25, 0.3) is 0 Å². The number of piperidine rings is 1. The van der Waals surface area contributed by atoms with Crippen LogP contribution in [0.15, 0.2) is 24.3 Å². The van der Waals surface area contributed by atoms with Crippen molar-refractivity contribution in [3.05, 3.63) is 27.8 Å². The molecule has 0 unspecified atom stereocenters. The summed E-state index contributed by atoms with van der Waals surface area (Å²) in [5, 5.41) is 3.33. The molecule has 1 heterocycles. The van der Waals surface area contributed by atoms with Crippen molar-refractivity contribution in [1.29, 1.82) is 0 Å². The van der Waals surface area contributed by atoms with Crippen molar-refractivity contribution >= 4 is 38.5 Å². The fraction of sp³-hybridized carbons (Fsp3) is 0.571. The first-order valence-electron chi connectivity index (χ1n) is 7.26. The topological polar surface area (TPSA) is 61.4 Å². The van der Waals surface area contributed by atoms with Gasteiger partial charge < -0.3 is 5.32 Å². The summed E-state index contributed by atoms with van der Waals surface area (Å²) in [6.45, 7) is 5.22. The monoisotopic (exact) mass is 423 g/mol. The van der Waals surface area contributed by atoms with Crippen LogP contribution in [0.2, 0.25) is 0 Å². The smallest absolute Gasteiger partial charge is 0.301 e. The first kappa shape index (κ1) is 17.0. The molecule has 0 aliphatic carbocycles. The molecule has 21 heavy (non-hydrogen) atoms. The van der Waals surface area contributed by atoms with Gasteiger partial charge in [-0.1, -0.05) is 19.1 Å². The van der Waals surface area contributed by atoms with Gasteiger partial charge >= 0.3 is 10.2 Å². The van der Waals surface area contributed by atoms with E-state index in [-0.39, 0.29) is 0 Å². The summed E-state index contributed by atoms with van der Waals surface area (Å²) in [5.74, 6) is 0.577. The zero-order valence-corrected chi connectivity index (χ0v) is 15.2. The van der Waals surface area contributed by atoms with Crippen LogP contribution in [-0.4, -0.2) is 38.9 Å². The summed E-state index contributed by atoms with van der Waals surface area (Å²) in [6, 6.07) is 7.41. The largest absolute Gasteiger partial charge is 0.317 e. The third-order valence-electron chi connectivity index (χ3n) is 3.71. The van der Waals surface area contributed by atoms with Crippen LogP contribution < -0.4 is 10.0 Å². The van der Waals surface area contributed by atoms with E-state index < -0.39 is 10.2 Å². The Morgan fingerprint density at radius 1 is 1.29 bits per heavy atom. The molecule has 0 amide bonds. The van der Waals surface area contributed by atoms with Gasteiger partial charge in [0.15, 0.2) is 0 Å². The van der Waals surface area contributed by atoms with Crippen molar-refractivity contribution in [3.63, 3.8) is 0 Å². The van der Waals surface area contributed by atoms with Crippen LogP contribution in [0.4, 0.5) is 5.69 Å². The second kappa shape index (κ2) is 7.75. The number of halogens is 1. The molecule has 0 saturated carbocycles. The van der Waals surface area contributed by atoms with E-state index in [1.807, 2.05) is 18.2 Å². The predicted octanol–water partition coefficient (Wildman–Crippen LogP) is 2.27. The highest BCUT2D eigenvalue weighted by Crippen LogP contribution is 2.23. The zero-order chi connectivity index (χ0) is 15.3. The molecule has 5 nitrogen and oxygen atoms in total. The number of rotatable bonds is 6. The number of nitrogens with one attached hydrogen (secondary N) is 2. The number of hydrogen-bond acceptors (Lipinski definition) is 3. The predicted molar refractivity (Wildman–Crippen MR) is 94.5 cm³/mol. The van der Waals surface area contributed by atoms with Crippen LogP contribution in [0.3, 0.4) is 0 Å². The molecule has 1 aromatic carbocycles. The number of hydrogen-bond donors (Lipinski definition) is 2. The van der Waals surface area contributed by atoms with Gasteiger partial charge in [-0.25, -0.2) is 0 Å². The fourth-order valence-electron chi connectivity index (χ4n) is 2.45. The van der Waals surface area contributed by atoms with Gasteiger partial charge in [-0.15, -0.1) is 0 Å². The molecule has 2 rings (SSSR count). The second-order valence-electron chi connectivity index (χ2n) is 5.24. The van der Waals surface area contributed by atoms with Crippen LogP contribution >= 0.6 is 22.6 Å². The molecule has 1 saturated heterocycles. The standard InChI is InChI=1S/C14H22IN3O2S/c1-2-16-11-12-7-9-18(10-8-12)21(19,20)17-14-6-4-3-5-13(14)15/h3-6,12,16-17H,2,7-11H2,1H3. The molecule has 2 N–H and O–H groups in total. The fourth-order valence-corrected chi connectivity index (χ4v) is 4.43. The van der Waals surface area contributed by atoms with Gasteiger partial charge in [0.2, 0.25) is 0 Å². The highest BCUT2D eigenvalue weighted by Gasteiger charge is 2.28. The number of para-hydroxylation sites is 1. The van der Waals surface area contributed by atoms with Crippen LogP contribution in [0, 0.1) is 9.49 Å². The maximum atomic E-state index is 12.4. The minimum atomic E-state index is -3.44. The average molecular weight is 423 g/mol. The SMILES string of the molecule is CCNCC1CCN(S(=O)(=O)Nc2ccccc2I)CC1. The van der Waals surface area contributed by atoms with Gasteiger partial charge in [0.1, 0.15) is 0 Å². The summed E-state index contributed by atoms with van der Waals surface area (Å²) in [7, 11) is -3.44. The van der Waals surface area contributed by atoms with Gasteiger partial charge in [0.05, 0.1) is 5.69 Å².